The molecule has 12 heteroatoms. The topological polar surface area (TPSA) is 123 Å². The maximum atomic E-state index is 12.7. The van der Waals surface area contributed by atoms with Crippen LogP contribution in [0.1, 0.15) is 10.5 Å². The quantitative estimate of drug-likeness (QED) is 0.524. The first-order valence-electron chi connectivity index (χ1n) is 7.82. The van der Waals surface area contributed by atoms with Crippen LogP contribution in [-0.2, 0) is 0 Å². The van der Waals surface area contributed by atoms with Crippen molar-refractivity contribution < 1.29 is 4.79 Å². The molecular weight excluding hydrogens is 407 g/mol. The Labute approximate surface area is 166 Å². The molecule has 0 unspecified atom stereocenters. The van der Waals surface area contributed by atoms with Gasteiger partial charge in [0.15, 0.2) is 5.69 Å². The Morgan fingerprint density at radius 1 is 1.00 bits per heavy atom. The smallest absolute Gasteiger partial charge is 0.321 e. The number of rotatable bonds is 4. The minimum absolute atomic E-state index is 0.145. The Morgan fingerprint density at radius 3 is 2.36 bits per heavy atom. The van der Waals surface area contributed by atoms with Gasteiger partial charge >= 0.3 is 5.69 Å². The van der Waals surface area contributed by atoms with Gasteiger partial charge in [0.1, 0.15) is 5.69 Å². The molecular formula is C16H10Cl2N8O2. The highest BCUT2D eigenvalue weighted by atomic mass is 35.5. The molecule has 0 spiro atoms. The van der Waals surface area contributed by atoms with Gasteiger partial charge in [0.25, 0.3) is 5.91 Å². The molecule has 2 aromatic heterocycles. The third-order valence-electron chi connectivity index (χ3n) is 3.77. The van der Waals surface area contributed by atoms with Gasteiger partial charge in [0, 0.05) is 5.69 Å². The molecule has 4 rings (SSSR count). The van der Waals surface area contributed by atoms with Crippen molar-refractivity contribution in [3.05, 3.63) is 74.9 Å². The monoisotopic (exact) mass is 416 g/mol. The number of nitrogens with one attached hydrogen (secondary N) is 2. The maximum Gasteiger partial charge on any atom is 0.365 e. The van der Waals surface area contributed by atoms with E-state index in [0.29, 0.717) is 27.1 Å². The summed E-state index contributed by atoms with van der Waals surface area (Å²) in [6.07, 6.45) is 1.30. The predicted molar refractivity (Wildman–Crippen MR) is 101 cm³/mol. The fourth-order valence-electron chi connectivity index (χ4n) is 2.49. The average Bonchev–Trinajstić information content (AvgIpc) is 3.32. The zero-order chi connectivity index (χ0) is 19.7. The van der Waals surface area contributed by atoms with E-state index in [1.165, 1.54) is 10.9 Å². The second kappa shape index (κ2) is 7.25. The van der Waals surface area contributed by atoms with Crippen molar-refractivity contribution in [3.8, 4) is 11.4 Å². The lowest BCUT2D eigenvalue weighted by Gasteiger charge is -2.10. The van der Waals surface area contributed by atoms with Gasteiger partial charge in [-0.2, -0.15) is 4.68 Å². The number of carbonyl (C=O) groups is 1. The Morgan fingerprint density at radius 2 is 1.71 bits per heavy atom. The Kier molecular flexibility index (Phi) is 4.63. The van der Waals surface area contributed by atoms with Gasteiger partial charge in [-0.05, 0) is 46.8 Å². The molecule has 2 N–H and O–H groups in total. The minimum Gasteiger partial charge on any atom is -0.321 e. The summed E-state index contributed by atoms with van der Waals surface area (Å²) in [7, 11) is 0. The standard InChI is InChI=1S/C16H10Cl2N8O2/c17-11-2-1-3-12(18)14(11)26-13(8-19-23-26)15(27)20-9-4-6-10(7-5-9)25-16(28)21-22-24-25/h1-8H,(H,20,27)(H,21,24,28). The van der Waals surface area contributed by atoms with Gasteiger partial charge in [-0.15, -0.1) is 5.10 Å². The van der Waals surface area contributed by atoms with Crippen LogP contribution < -0.4 is 11.0 Å². The van der Waals surface area contributed by atoms with Gasteiger partial charge in [-0.3, -0.25) is 4.79 Å². The SMILES string of the molecule is O=C(Nc1ccc(-n2nn[nH]c2=O)cc1)c1cnnn1-c1c(Cl)cccc1Cl. The van der Waals surface area contributed by atoms with E-state index in [1.807, 2.05) is 0 Å². The molecule has 10 nitrogen and oxygen atoms in total. The lowest BCUT2D eigenvalue weighted by atomic mass is 10.2. The van der Waals surface area contributed by atoms with Crippen LogP contribution in [0.15, 0.2) is 53.5 Å². The number of hydrogen-bond acceptors (Lipinski definition) is 6. The van der Waals surface area contributed by atoms with E-state index in [4.69, 9.17) is 23.2 Å². The molecule has 0 aliphatic rings. The van der Waals surface area contributed by atoms with Gasteiger partial charge in [0.05, 0.1) is 21.9 Å². The first-order chi connectivity index (χ1) is 13.5. The molecule has 0 atom stereocenters. The lowest BCUT2D eigenvalue weighted by Crippen LogP contribution is -2.18. The summed E-state index contributed by atoms with van der Waals surface area (Å²) in [5.41, 5.74) is 1.01. The van der Waals surface area contributed by atoms with E-state index < -0.39 is 11.6 Å². The van der Waals surface area contributed by atoms with Crippen LogP contribution in [0.4, 0.5) is 5.69 Å². The van der Waals surface area contributed by atoms with E-state index in [9.17, 15) is 9.59 Å². The molecule has 2 heterocycles. The normalized spacial score (nSPS) is 10.8. The highest BCUT2D eigenvalue weighted by Crippen LogP contribution is 2.28. The molecule has 0 saturated heterocycles. The number of H-pyrrole nitrogens is 1. The zero-order valence-electron chi connectivity index (χ0n) is 13.9. The number of tetrazole rings is 1. The largest absolute Gasteiger partial charge is 0.365 e. The second-order valence-corrected chi connectivity index (χ2v) is 6.33. The van der Waals surface area contributed by atoms with Crippen molar-refractivity contribution >= 4 is 34.8 Å². The summed E-state index contributed by atoms with van der Waals surface area (Å²) in [6, 6.07) is 11.4. The van der Waals surface area contributed by atoms with Gasteiger partial charge in [0.2, 0.25) is 0 Å². The Balaban J connectivity index is 1.60. The van der Waals surface area contributed by atoms with Crippen molar-refractivity contribution in [2.75, 3.05) is 5.32 Å². The summed E-state index contributed by atoms with van der Waals surface area (Å²) in [5.74, 6) is -0.465. The van der Waals surface area contributed by atoms with Crippen LogP contribution >= 0.6 is 23.2 Å². The van der Waals surface area contributed by atoms with E-state index in [2.05, 4.69) is 31.2 Å². The fraction of sp³-hybridized carbons (Fsp3) is 0. The Hall–Kier alpha value is -3.50. The number of carbonyl (C=O) groups excluding carboxylic acids is 1. The number of nitrogens with zero attached hydrogens (tertiary/aromatic N) is 6. The summed E-state index contributed by atoms with van der Waals surface area (Å²) in [5, 5.41) is 20.3. The number of aromatic nitrogens is 7. The lowest BCUT2D eigenvalue weighted by molar-refractivity contribution is 0.101. The van der Waals surface area contributed by atoms with E-state index >= 15 is 0 Å². The molecule has 2 aromatic carbocycles. The molecule has 0 radical (unpaired) electrons. The molecule has 0 aliphatic heterocycles. The second-order valence-electron chi connectivity index (χ2n) is 5.52. The minimum atomic E-state index is -0.469. The van der Waals surface area contributed by atoms with Gasteiger partial charge in [-0.1, -0.05) is 34.5 Å². The molecule has 0 saturated carbocycles. The molecule has 1 amide bonds. The average molecular weight is 417 g/mol. The van der Waals surface area contributed by atoms with Crippen LogP contribution in [0.3, 0.4) is 0 Å². The van der Waals surface area contributed by atoms with E-state index in [-0.39, 0.29) is 5.69 Å². The number of amides is 1. The summed E-state index contributed by atoms with van der Waals surface area (Å²) < 4.78 is 2.35. The number of aromatic amines is 1. The number of benzene rings is 2. The number of halogens is 2. The predicted octanol–water partition coefficient (Wildman–Crippen LogP) is 2.10. The van der Waals surface area contributed by atoms with Gasteiger partial charge < -0.3 is 5.32 Å². The van der Waals surface area contributed by atoms with Crippen LogP contribution in [0.5, 0.6) is 0 Å². The molecule has 0 bridgehead atoms. The maximum absolute atomic E-state index is 12.7. The third kappa shape index (κ3) is 3.26. The first kappa shape index (κ1) is 17.9. The van der Waals surface area contributed by atoms with E-state index in [1.54, 1.807) is 42.5 Å². The number of hydrogen-bond donors (Lipinski definition) is 2. The summed E-state index contributed by atoms with van der Waals surface area (Å²) >= 11 is 12.4. The summed E-state index contributed by atoms with van der Waals surface area (Å²) in [6.45, 7) is 0. The van der Waals surface area contributed by atoms with Crippen LogP contribution in [0, 0.1) is 0 Å². The third-order valence-corrected chi connectivity index (χ3v) is 4.38. The highest BCUT2D eigenvalue weighted by molar-refractivity contribution is 6.37. The molecule has 0 aliphatic carbocycles. The molecule has 28 heavy (non-hydrogen) atoms. The number of anilines is 1. The molecule has 0 fully saturated rings. The van der Waals surface area contributed by atoms with Gasteiger partial charge in [-0.25, -0.2) is 14.6 Å². The zero-order valence-corrected chi connectivity index (χ0v) is 15.4. The Bertz CT molecular complexity index is 1190. The summed E-state index contributed by atoms with van der Waals surface area (Å²) in [4.78, 5) is 24.2. The van der Waals surface area contributed by atoms with Crippen LogP contribution in [-0.4, -0.2) is 41.1 Å². The highest BCUT2D eigenvalue weighted by Gasteiger charge is 2.19. The van der Waals surface area contributed by atoms with Crippen molar-refractivity contribution in [3.63, 3.8) is 0 Å². The number of para-hydroxylation sites is 1. The molecule has 4 aromatic rings. The van der Waals surface area contributed by atoms with Crippen molar-refractivity contribution in [2.24, 2.45) is 0 Å². The van der Waals surface area contributed by atoms with Crippen molar-refractivity contribution in [2.45, 2.75) is 0 Å². The van der Waals surface area contributed by atoms with Crippen LogP contribution in [0.2, 0.25) is 10.0 Å². The first-order valence-corrected chi connectivity index (χ1v) is 8.57. The van der Waals surface area contributed by atoms with Crippen molar-refractivity contribution in [1.29, 1.82) is 0 Å². The van der Waals surface area contributed by atoms with Crippen molar-refractivity contribution in [1.82, 2.24) is 35.2 Å². The van der Waals surface area contributed by atoms with Crippen LogP contribution in [0.25, 0.3) is 11.4 Å². The molecule has 140 valence electrons. The fourth-order valence-corrected chi connectivity index (χ4v) is 3.05. The van der Waals surface area contributed by atoms with E-state index in [0.717, 1.165) is 4.68 Å².